The molecule has 4 aromatic rings. The average molecular weight is 365 g/mol. The van der Waals surface area contributed by atoms with E-state index in [1.165, 1.54) is 22.0 Å². The number of amides is 1. The van der Waals surface area contributed by atoms with Crippen LogP contribution < -0.4 is 10.9 Å². The van der Waals surface area contributed by atoms with Crippen LogP contribution in [0.25, 0.3) is 10.2 Å². The van der Waals surface area contributed by atoms with Gasteiger partial charge in [-0.3, -0.25) is 14.9 Å². The predicted octanol–water partition coefficient (Wildman–Crippen LogP) is 3.66. The lowest BCUT2D eigenvalue weighted by molar-refractivity contribution is 0.0994. The molecular formula is C19H15N3O3S. The van der Waals surface area contributed by atoms with Gasteiger partial charge in [-0.15, -0.1) is 0 Å². The molecule has 0 unspecified atom stereocenters. The van der Waals surface area contributed by atoms with E-state index in [4.69, 9.17) is 4.42 Å². The van der Waals surface area contributed by atoms with Crippen LogP contribution in [0.2, 0.25) is 0 Å². The number of benzene rings is 1. The molecule has 3 aromatic heterocycles. The van der Waals surface area contributed by atoms with Crippen LogP contribution in [0.1, 0.15) is 21.9 Å². The van der Waals surface area contributed by atoms with E-state index in [1.54, 1.807) is 30.5 Å². The number of anilines is 1. The molecule has 0 bridgehead atoms. The average Bonchev–Trinajstić information content (AvgIpc) is 3.24. The lowest BCUT2D eigenvalue weighted by Crippen LogP contribution is -2.18. The molecule has 0 aliphatic rings. The smallest absolute Gasteiger partial charge is 0.293 e. The number of carbonyl (C=O) groups is 1. The van der Waals surface area contributed by atoms with Crippen LogP contribution in [0, 0.1) is 6.92 Å². The molecule has 0 saturated heterocycles. The Morgan fingerprint density at radius 1 is 1.19 bits per heavy atom. The van der Waals surface area contributed by atoms with E-state index >= 15 is 0 Å². The topological polar surface area (TPSA) is 77.1 Å². The quantitative estimate of drug-likeness (QED) is 0.599. The zero-order chi connectivity index (χ0) is 18.1. The van der Waals surface area contributed by atoms with Crippen LogP contribution in [0.3, 0.4) is 0 Å². The summed E-state index contributed by atoms with van der Waals surface area (Å²) in [7, 11) is 0. The Balaban J connectivity index is 1.51. The van der Waals surface area contributed by atoms with E-state index in [9.17, 15) is 9.59 Å². The second kappa shape index (κ2) is 6.61. The maximum Gasteiger partial charge on any atom is 0.293 e. The van der Waals surface area contributed by atoms with Crippen molar-refractivity contribution in [3.8, 4) is 0 Å². The van der Waals surface area contributed by atoms with Crippen molar-refractivity contribution >= 4 is 32.6 Å². The van der Waals surface area contributed by atoms with Crippen LogP contribution >= 0.6 is 11.3 Å². The summed E-state index contributed by atoms with van der Waals surface area (Å²) >= 11 is 1.42. The highest BCUT2D eigenvalue weighted by Crippen LogP contribution is 2.28. The van der Waals surface area contributed by atoms with Crippen LogP contribution in [-0.4, -0.2) is 15.5 Å². The van der Waals surface area contributed by atoms with Crippen molar-refractivity contribution in [2.75, 3.05) is 5.32 Å². The summed E-state index contributed by atoms with van der Waals surface area (Å²) in [4.78, 5) is 28.6. The van der Waals surface area contributed by atoms with Gasteiger partial charge in [-0.25, -0.2) is 4.98 Å². The number of hydrogen-bond donors (Lipinski definition) is 1. The second-order valence-electron chi connectivity index (χ2n) is 5.83. The minimum atomic E-state index is -0.367. The Labute approximate surface area is 152 Å². The molecular weight excluding hydrogens is 350 g/mol. The third-order valence-corrected chi connectivity index (χ3v) is 4.89. The fourth-order valence-electron chi connectivity index (χ4n) is 2.64. The summed E-state index contributed by atoms with van der Waals surface area (Å²) in [6.45, 7) is 2.26. The summed E-state index contributed by atoms with van der Waals surface area (Å²) in [5, 5.41) is 3.29. The van der Waals surface area contributed by atoms with E-state index in [0.717, 1.165) is 15.8 Å². The van der Waals surface area contributed by atoms with Crippen molar-refractivity contribution in [2.45, 2.75) is 13.5 Å². The first kappa shape index (κ1) is 16.3. The van der Waals surface area contributed by atoms with Gasteiger partial charge in [0.15, 0.2) is 10.9 Å². The summed E-state index contributed by atoms with van der Waals surface area (Å²) in [5.41, 5.74) is 1.82. The number of nitrogens with zero attached hydrogens (tertiary/aromatic N) is 2. The molecule has 6 nitrogen and oxygen atoms in total. The number of pyridine rings is 1. The molecule has 7 heteroatoms. The third-order valence-electron chi connectivity index (χ3n) is 3.95. The fourth-order valence-corrected chi connectivity index (χ4v) is 3.58. The molecule has 1 N–H and O–H groups in total. The lowest BCUT2D eigenvalue weighted by atomic mass is 10.2. The van der Waals surface area contributed by atoms with Gasteiger partial charge >= 0.3 is 0 Å². The Morgan fingerprint density at radius 3 is 2.88 bits per heavy atom. The molecule has 3 heterocycles. The van der Waals surface area contributed by atoms with Crippen molar-refractivity contribution < 1.29 is 9.21 Å². The highest BCUT2D eigenvalue weighted by molar-refractivity contribution is 7.22. The number of nitrogens with one attached hydrogen (secondary N) is 1. The number of aryl methyl sites for hydroxylation is 1. The van der Waals surface area contributed by atoms with Gasteiger partial charge in [0.25, 0.3) is 11.5 Å². The number of furan rings is 1. The van der Waals surface area contributed by atoms with Gasteiger partial charge in [0.2, 0.25) is 0 Å². The first-order valence-electron chi connectivity index (χ1n) is 8.02. The zero-order valence-corrected chi connectivity index (χ0v) is 14.7. The van der Waals surface area contributed by atoms with Crippen molar-refractivity contribution in [3.63, 3.8) is 0 Å². The van der Waals surface area contributed by atoms with Crippen molar-refractivity contribution in [2.24, 2.45) is 0 Å². The number of hydrogen-bond acceptors (Lipinski definition) is 5. The first-order valence-corrected chi connectivity index (χ1v) is 8.83. The van der Waals surface area contributed by atoms with Gasteiger partial charge in [0, 0.05) is 12.3 Å². The van der Waals surface area contributed by atoms with Gasteiger partial charge in [0.1, 0.15) is 5.76 Å². The van der Waals surface area contributed by atoms with Gasteiger partial charge in [0.05, 0.1) is 16.8 Å². The highest BCUT2D eigenvalue weighted by atomic mass is 32.1. The lowest BCUT2D eigenvalue weighted by Gasteiger charge is -2.02. The standard InChI is InChI=1S/C19H15N3O3S/c1-12-5-4-6-15-17(12)20-19(26-15)21-18(24)14-9-8-13(25-14)11-22-10-3-2-7-16(22)23/h2-10H,11H2,1H3,(H,20,21,24). The van der Waals surface area contributed by atoms with E-state index in [1.807, 2.05) is 25.1 Å². The molecule has 4 rings (SSSR count). The Bertz CT molecular complexity index is 1160. The Hall–Kier alpha value is -3.19. The van der Waals surface area contributed by atoms with Crippen LogP contribution in [-0.2, 0) is 6.54 Å². The molecule has 0 radical (unpaired) electrons. The maximum atomic E-state index is 12.4. The third kappa shape index (κ3) is 3.16. The number of aromatic nitrogens is 2. The van der Waals surface area contributed by atoms with Crippen molar-refractivity contribution in [3.05, 3.63) is 82.2 Å². The number of rotatable bonds is 4. The SMILES string of the molecule is Cc1cccc2sc(NC(=O)c3ccc(Cn4ccccc4=O)o3)nc12. The van der Waals surface area contributed by atoms with Crippen molar-refractivity contribution in [1.82, 2.24) is 9.55 Å². The monoisotopic (exact) mass is 365 g/mol. The predicted molar refractivity (Wildman–Crippen MR) is 101 cm³/mol. The molecule has 0 saturated carbocycles. The number of carbonyl (C=O) groups excluding carboxylic acids is 1. The van der Waals surface area contributed by atoms with Gasteiger partial charge in [-0.05, 0) is 36.8 Å². The molecule has 0 aliphatic heterocycles. The van der Waals surface area contributed by atoms with Gasteiger partial charge in [-0.1, -0.05) is 29.5 Å². The molecule has 0 atom stereocenters. The number of fused-ring (bicyclic) bond motifs is 1. The molecule has 0 aliphatic carbocycles. The van der Waals surface area contributed by atoms with E-state index < -0.39 is 0 Å². The van der Waals surface area contributed by atoms with Crippen LogP contribution in [0.4, 0.5) is 5.13 Å². The van der Waals surface area contributed by atoms with Gasteiger partial charge < -0.3 is 8.98 Å². The molecule has 0 fully saturated rings. The molecule has 1 amide bonds. The summed E-state index contributed by atoms with van der Waals surface area (Å²) in [6.07, 6.45) is 1.67. The summed E-state index contributed by atoms with van der Waals surface area (Å²) in [6, 6.07) is 14.1. The highest BCUT2D eigenvalue weighted by Gasteiger charge is 2.14. The normalized spacial score (nSPS) is 11.0. The molecule has 0 spiro atoms. The summed E-state index contributed by atoms with van der Waals surface area (Å²) < 4.78 is 8.11. The van der Waals surface area contributed by atoms with Crippen LogP contribution in [0.5, 0.6) is 0 Å². The van der Waals surface area contributed by atoms with Crippen LogP contribution in [0.15, 0.2) is 63.9 Å². The Morgan fingerprint density at radius 2 is 2.08 bits per heavy atom. The summed E-state index contributed by atoms with van der Waals surface area (Å²) in [5.74, 6) is 0.344. The molecule has 1 aromatic carbocycles. The molecule has 26 heavy (non-hydrogen) atoms. The largest absolute Gasteiger partial charge is 0.454 e. The minimum Gasteiger partial charge on any atom is -0.454 e. The second-order valence-corrected chi connectivity index (χ2v) is 6.86. The Kier molecular flexibility index (Phi) is 4.14. The number of para-hydroxylation sites is 1. The fraction of sp³-hybridized carbons (Fsp3) is 0.105. The maximum absolute atomic E-state index is 12.4. The number of thiazole rings is 1. The van der Waals surface area contributed by atoms with Crippen molar-refractivity contribution in [1.29, 1.82) is 0 Å². The molecule has 130 valence electrons. The van der Waals surface area contributed by atoms with E-state index in [2.05, 4.69) is 10.3 Å². The first-order chi connectivity index (χ1) is 12.6. The zero-order valence-electron chi connectivity index (χ0n) is 13.9. The van der Waals surface area contributed by atoms with E-state index in [-0.39, 0.29) is 23.8 Å². The minimum absolute atomic E-state index is 0.125. The van der Waals surface area contributed by atoms with Gasteiger partial charge in [-0.2, -0.15) is 0 Å². The van der Waals surface area contributed by atoms with E-state index in [0.29, 0.717) is 10.9 Å².